The first-order chi connectivity index (χ1) is 9.17. The van der Waals surface area contributed by atoms with E-state index in [4.69, 9.17) is 21.4 Å². The molecule has 2 heterocycles. The molecule has 0 atom stereocenters. The molecule has 96 valence electrons. The highest BCUT2D eigenvalue weighted by atomic mass is 32.1. The maximum atomic E-state index is 11.5. The average Bonchev–Trinajstić information content (AvgIpc) is 2.92. The highest BCUT2D eigenvalue weighted by molar-refractivity contribution is 7.80. The Hall–Kier alpha value is -2.34. The second kappa shape index (κ2) is 4.40. The molecular weight excluding hydrogens is 264 g/mol. The monoisotopic (exact) mass is 274 g/mol. The van der Waals surface area contributed by atoms with Crippen LogP contribution in [0.1, 0.15) is 5.76 Å². The Morgan fingerprint density at radius 2 is 2.21 bits per heavy atom. The summed E-state index contributed by atoms with van der Waals surface area (Å²) in [6.45, 7) is 0. The molecule has 0 bridgehead atoms. The zero-order valence-electron chi connectivity index (χ0n) is 10.0. The van der Waals surface area contributed by atoms with Crippen molar-refractivity contribution in [3.63, 3.8) is 0 Å². The van der Waals surface area contributed by atoms with Crippen molar-refractivity contribution in [3.8, 4) is 5.75 Å². The second-order valence-electron chi connectivity index (χ2n) is 3.99. The molecule has 2 aromatic rings. The molecule has 1 aromatic heterocycles. The number of thiocarbonyl (C=S) groups is 1. The minimum atomic E-state index is -0.266. The van der Waals surface area contributed by atoms with Crippen LogP contribution in [0.2, 0.25) is 0 Å². The van der Waals surface area contributed by atoms with Crippen LogP contribution in [0.4, 0.5) is 0 Å². The first kappa shape index (κ1) is 11.7. The van der Waals surface area contributed by atoms with Gasteiger partial charge in [-0.1, -0.05) is 12.1 Å². The molecule has 0 spiro atoms. The van der Waals surface area contributed by atoms with E-state index < -0.39 is 0 Å². The maximum Gasteiger partial charge on any atom is 0.274 e. The summed E-state index contributed by atoms with van der Waals surface area (Å²) in [5, 5.41) is 6.46. The summed E-state index contributed by atoms with van der Waals surface area (Å²) in [6.07, 6.45) is 1.61. The Kier molecular flexibility index (Phi) is 2.72. The third-order valence-electron chi connectivity index (χ3n) is 2.75. The lowest BCUT2D eigenvalue weighted by Crippen LogP contribution is -2.21. The van der Waals surface area contributed by atoms with Crippen molar-refractivity contribution in [2.45, 2.75) is 0 Å². The molecule has 5 nitrogen and oxygen atoms in total. The summed E-state index contributed by atoms with van der Waals surface area (Å²) in [5.41, 5.74) is 1.01. The van der Waals surface area contributed by atoms with Crippen LogP contribution in [-0.2, 0) is 4.79 Å². The van der Waals surface area contributed by atoms with E-state index in [2.05, 4.69) is 10.6 Å². The quantitative estimate of drug-likeness (QED) is 0.645. The summed E-state index contributed by atoms with van der Waals surface area (Å²) in [6, 6.07) is 7.44. The Morgan fingerprint density at radius 3 is 2.89 bits per heavy atom. The van der Waals surface area contributed by atoms with Gasteiger partial charge in [0.05, 0.1) is 7.11 Å². The first-order valence-corrected chi connectivity index (χ1v) is 5.99. The topological polar surface area (TPSA) is 63.5 Å². The molecule has 0 radical (unpaired) electrons. The molecule has 0 unspecified atom stereocenters. The fourth-order valence-electron chi connectivity index (χ4n) is 1.91. The lowest BCUT2D eigenvalue weighted by Gasteiger charge is -1.98. The summed E-state index contributed by atoms with van der Waals surface area (Å²) in [4.78, 5) is 11.5. The van der Waals surface area contributed by atoms with Crippen LogP contribution < -0.4 is 15.4 Å². The Balaban J connectivity index is 2.05. The SMILES string of the molecule is COc1cccc2cc(C=C3NC(=S)NC3=O)oc12. The molecule has 1 fully saturated rings. The van der Waals surface area contributed by atoms with E-state index in [0.717, 1.165) is 5.39 Å². The number of ether oxygens (including phenoxy) is 1. The van der Waals surface area contributed by atoms with E-state index in [0.29, 0.717) is 27.9 Å². The van der Waals surface area contributed by atoms with Crippen molar-refractivity contribution in [1.82, 2.24) is 10.6 Å². The van der Waals surface area contributed by atoms with Crippen molar-refractivity contribution in [2.24, 2.45) is 0 Å². The van der Waals surface area contributed by atoms with Crippen molar-refractivity contribution >= 4 is 40.3 Å². The van der Waals surface area contributed by atoms with Crippen LogP contribution in [0.5, 0.6) is 5.75 Å². The van der Waals surface area contributed by atoms with Gasteiger partial charge in [0.2, 0.25) is 0 Å². The normalized spacial score (nSPS) is 16.8. The lowest BCUT2D eigenvalue weighted by atomic mass is 10.2. The molecule has 1 amide bonds. The number of carbonyl (C=O) groups excluding carboxylic acids is 1. The Labute approximate surface area is 114 Å². The number of rotatable bonds is 2. The zero-order valence-corrected chi connectivity index (χ0v) is 10.8. The van der Waals surface area contributed by atoms with E-state index in [9.17, 15) is 4.79 Å². The summed E-state index contributed by atoms with van der Waals surface area (Å²) in [5.74, 6) is 0.945. The fraction of sp³-hybridized carbons (Fsp3) is 0.0769. The Morgan fingerprint density at radius 1 is 1.37 bits per heavy atom. The fourth-order valence-corrected chi connectivity index (χ4v) is 2.12. The summed E-state index contributed by atoms with van der Waals surface area (Å²) >= 11 is 4.86. The summed E-state index contributed by atoms with van der Waals surface area (Å²) < 4.78 is 10.9. The van der Waals surface area contributed by atoms with E-state index >= 15 is 0 Å². The van der Waals surface area contributed by atoms with Crippen LogP contribution in [0.3, 0.4) is 0 Å². The molecule has 19 heavy (non-hydrogen) atoms. The molecule has 0 aliphatic carbocycles. The number of carbonyl (C=O) groups is 1. The molecule has 1 aliphatic heterocycles. The van der Waals surface area contributed by atoms with Crippen molar-refractivity contribution in [1.29, 1.82) is 0 Å². The Bertz CT molecular complexity index is 718. The van der Waals surface area contributed by atoms with Gasteiger partial charge in [0.15, 0.2) is 16.4 Å². The van der Waals surface area contributed by atoms with Gasteiger partial charge in [-0.25, -0.2) is 0 Å². The van der Waals surface area contributed by atoms with Gasteiger partial charge in [-0.3, -0.25) is 10.1 Å². The second-order valence-corrected chi connectivity index (χ2v) is 4.40. The number of benzene rings is 1. The number of para-hydroxylation sites is 1. The molecule has 1 saturated heterocycles. The predicted molar refractivity (Wildman–Crippen MR) is 74.6 cm³/mol. The van der Waals surface area contributed by atoms with Crippen molar-refractivity contribution < 1.29 is 13.9 Å². The smallest absolute Gasteiger partial charge is 0.274 e. The van der Waals surface area contributed by atoms with Crippen LogP contribution in [0, 0.1) is 0 Å². The van der Waals surface area contributed by atoms with Gasteiger partial charge in [0.1, 0.15) is 11.5 Å². The first-order valence-electron chi connectivity index (χ1n) is 5.58. The van der Waals surface area contributed by atoms with Crippen LogP contribution in [0.25, 0.3) is 17.0 Å². The lowest BCUT2D eigenvalue weighted by molar-refractivity contribution is -0.115. The standard InChI is InChI=1S/C13H10N2O3S/c1-17-10-4-2-3-7-5-8(18-11(7)10)6-9-12(16)15-13(19)14-9/h2-6H,1H3,(H2,14,15,16,19). The van der Waals surface area contributed by atoms with Gasteiger partial charge in [0, 0.05) is 11.5 Å². The van der Waals surface area contributed by atoms with Crippen molar-refractivity contribution in [2.75, 3.05) is 7.11 Å². The van der Waals surface area contributed by atoms with Gasteiger partial charge < -0.3 is 14.5 Å². The van der Waals surface area contributed by atoms with E-state index in [-0.39, 0.29) is 5.91 Å². The maximum absolute atomic E-state index is 11.5. The van der Waals surface area contributed by atoms with Gasteiger partial charge >= 0.3 is 0 Å². The highest BCUT2D eigenvalue weighted by Crippen LogP contribution is 2.29. The molecule has 1 aliphatic rings. The van der Waals surface area contributed by atoms with Crippen LogP contribution in [-0.4, -0.2) is 18.1 Å². The molecule has 1 aromatic carbocycles. The number of methoxy groups -OCH3 is 1. The minimum absolute atomic E-state index is 0.266. The number of hydrogen-bond donors (Lipinski definition) is 2. The molecule has 3 rings (SSSR count). The third kappa shape index (κ3) is 2.06. The molecule has 0 saturated carbocycles. The van der Waals surface area contributed by atoms with Gasteiger partial charge in [-0.15, -0.1) is 0 Å². The largest absolute Gasteiger partial charge is 0.493 e. The number of fused-ring (bicyclic) bond motifs is 1. The highest BCUT2D eigenvalue weighted by Gasteiger charge is 2.20. The molecular formula is C13H10N2O3S. The van der Waals surface area contributed by atoms with Gasteiger partial charge in [-0.05, 0) is 24.4 Å². The summed E-state index contributed by atoms with van der Waals surface area (Å²) in [7, 11) is 1.58. The van der Waals surface area contributed by atoms with Crippen LogP contribution in [0.15, 0.2) is 34.4 Å². The number of nitrogens with one attached hydrogen (secondary N) is 2. The zero-order chi connectivity index (χ0) is 13.4. The van der Waals surface area contributed by atoms with E-state index in [1.807, 2.05) is 24.3 Å². The number of furan rings is 1. The molecule has 6 heteroatoms. The third-order valence-corrected chi connectivity index (χ3v) is 2.96. The minimum Gasteiger partial charge on any atom is -0.493 e. The number of amides is 1. The van der Waals surface area contributed by atoms with E-state index in [1.165, 1.54) is 0 Å². The van der Waals surface area contributed by atoms with Crippen molar-refractivity contribution in [3.05, 3.63) is 35.7 Å². The molecule has 2 N–H and O–H groups in total. The van der Waals surface area contributed by atoms with Gasteiger partial charge in [0.25, 0.3) is 5.91 Å². The average molecular weight is 274 g/mol. The van der Waals surface area contributed by atoms with E-state index in [1.54, 1.807) is 13.2 Å². The number of hydrogen-bond acceptors (Lipinski definition) is 4. The van der Waals surface area contributed by atoms with Gasteiger partial charge in [-0.2, -0.15) is 0 Å². The van der Waals surface area contributed by atoms with Crippen LogP contribution >= 0.6 is 12.2 Å². The predicted octanol–water partition coefficient (Wildman–Crippen LogP) is 1.79.